The predicted octanol–water partition coefficient (Wildman–Crippen LogP) is 3.55. The van der Waals surface area contributed by atoms with Gasteiger partial charge >= 0.3 is 0 Å². The van der Waals surface area contributed by atoms with Crippen LogP contribution in [0.1, 0.15) is 27.0 Å². The van der Waals surface area contributed by atoms with Crippen molar-refractivity contribution < 1.29 is 14.3 Å². The number of amidine groups is 1. The van der Waals surface area contributed by atoms with Gasteiger partial charge in [-0.15, -0.1) is 0 Å². The molecule has 1 heterocycles. The third-order valence-electron chi connectivity index (χ3n) is 5.05. The van der Waals surface area contributed by atoms with Gasteiger partial charge in [-0.3, -0.25) is 9.79 Å². The van der Waals surface area contributed by atoms with Gasteiger partial charge in [0.05, 0.1) is 13.7 Å². The van der Waals surface area contributed by atoms with E-state index in [1.165, 1.54) is 5.56 Å². The number of hydrogen-bond acceptors (Lipinski definition) is 5. The molecule has 0 aromatic heterocycles. The van der Waals surface area contributed by atoms with Crippen LogP contribution in [0.2, 0.25) is 0 Å². The van der Waals surface area contributed by atoms with Crippen LogP contribution in [-0.2, 0) is 13.2 Å². The lowest BCUT2D eigenvalue weighted by Crippen LogP contribution is -2.34. The molecule has 2 N–H and O–H groups in total. The van der Waals surface area contributed by atoms with Gasteiger partial charge in [-0.25, -0.2) is 0 Å². The summed E-state index contributed by atoms with van der Waals surface area (Å²) in [7, 11) is 1.57. The number of rotatable bonds is 8. The maximum Gasteiger partial charge on any atom is 0.251 e. The normalized spacial score (nSPS) is 12.0. The Morgan fingerprint density at radius 1 is 0.968 bits per heavy atom. The second-order valence-electron chi connectivity index (χ2n) is 7.14. The van der Waals surface area contributed by atoms with Crippen molar-refractivity contribution in [2.24, 2.45) is 4.99 Å². The highest BCUT2D eigenvalue weighted by Gasteiger charge is 2.15. The fourth-order valence-corrected chi connectivity index (χ4v) is 3.41. The zero-order valence-electron chi connectivity index (χ0n) is 17.4. The lowest BCUT2D eigenvalue weighted by Gasteiger charge is -2.13. The Morgan fingerprint density at radius 2 is 1.77 bits per heavy atom. The summed E-state index contributed by atoms with van der Waals surface area (Å²) in [6, 6.07) is 23.3. The van der Waals surface area contributed by atoms with Crippen LogP contribution in [0.4, 0.5) is 0 Å². The van der Waals surface area contributed by atoms with Gasteiger partial charge in [0.1, 0.15) is 12.4 Å². The number of methoxy groups -OCH3 is 1. The second-order valence-corrected chi connectivity index (χ2v) is 7.14. The maximum absolute atomic E-state index is 12.5. The number of ether oxygens (including phenoxy) is 2. The van der Waals surface area contributed by atoms with Crippen LogP contribution in [-0.4, -0.2) is 31.9 Å². The van der Waals surface area contributed by atoms with Gasteiger partial charge in [-0.2, -0.15) is 0 Å². The van der Waals surface area contributed by atoms with Gasteiger partial charge in [0.2, 0.25) is 0 Å². The highest BCUT2D eigenvalue weighted by atomic mass is 16.5. The van der Waals surface area contributed by atoms with Crippen LogP contribution in [0.3, 0.4) is 0 Å². The molecule has 31 heavy (non-hydrogen) atoms. The van der Waals surface area contributed by atoms with E-state index < -0.39 is 0 Å². The number of benzene rings is 3. The molecule has 0 fully saturated rings. The summed E-state index contributed by atoms with van der Waals surface area (Å²) in [5.41, 5.74) is 3.93. The van der Waals surface area contributed by atoms with E-state index in [0.29, 0.717) is 43.3 Å². The Hall–Kier alpha value is -3.80. The summed E-state index contributed by atoms with van der Waals surface area (Å²) in [5, 5.41) is 6.22. The van der Waals surface area contributed by atoms with Crippen LogP contribution >= 0.6 is 0 Å². The van der Waals surface area contributed by atoms with Crippen LogP contribution < -0.4 is 20.1 Å². The second kappa shape index (κ2) is 9.80. The molecule has 0 saturated carbocycles. The minimum absolute atomic E-state index is 0.163. The van der Waals surface area contributed by atoms with Crippen molar-refractivity contribution in [2.75, 3.05) is 20.2 Å². The Kier molecular flexibility index (Phi) is 6.47. The first kappa shape index (κ1) is 20.5. The average molecular weight is 415 g/mol. The van der Waals surface area contributed by atoms with Crippen molar-refractivity contribution in [1.29, 1.82) is 0 Å². The molecule has 1 aliphatic heterocycles. The zero-order valence-corrected chi connectivity index (χ0v) is 17.4. The van der Waals surface area contributed by atoms with Crippen molar-refractivity contribution in [2.45, 2.75) is 13.2 Å². The number of nitrogens with one attached hydrogen (secondary N) is 2. The molecule has 0 bridgehead atoms. The standard InChI is InChI=1S/C25H25N3O3/c1-30-23-15-19(11-12-22(23)31-17-18-7-3-2-4-8-18)25(29)27-14-13-26-24-21-10-6-5-9-20(21)16-28-24/h2-12,15H,13-14,16-17H2,1H3,(H,26,28)(H,27,29). The number of carbonyl (C=O) groups is 1. The quantitative estimate of drug-likeness (QED) is 0.552. The molecule has 6 nitrogen and oxygen atoms in total. The molecule has 1 aliphatic rings. The van der Waals surface area contributed by atoms with Crippen LogP contribution in [0, 0.1) is 0 Å². The molecule has 0 atom stereocenters. The first-order valence-electron chi connectivity index (χ1n) is 10.2. The first-order chi connectivity index (χ1) is 15.2. The summed E-state index contributed by atoms with van der Waals surface area (Å²) in [6.45, 7) is 2.20. The Balaban J connectivity index is 1.28. The molecule has 3 aromatic carbocycles. The summed E-state index contributed by atoms with van der Waals surface area (Å²) in [5.74, 6) is 1.84. The summed E-state index contributed by atoms with van der Waals surface area (Å²) in [4.78, 5) is 17.0. The van der Waals surface area contributed by atoms with Crippen molar-refractivity contribution in [3.05, 3.63) is 95.1 Å². The van der Waals surface area contributed by atoms with E-state index in [-0.39, 0.29) is 5.91 Å². The van der Waals surface area contributed by atoms with Gasteiger partial charge in [0.15, 0.2) is 11.5 Å². The molecule has 0 saturated heterocycles. The Bertz CT molecular complexity index is 1080. The highest BCUT2D eigenvalue weighted by Crippen LogP contribution is 2.28. The number of carbonyl (C=O) groups excluding carboxylic acids is 1. The number of aliphatic imine (C=N–C) groups is 1. The van der Waals surface area contributed by atoms with Crippen LogP contribution in [0.25, 0.3) is 0 Å². The van der Waals surface area contributed by atoms with E-state index in [2.05, 4.69) is 27.8 Å². The minimum Gasteiger partial charge on any atom is -0.493 e. The Morgan fingerprint density at radius 3 is 2.61 bits per heavy atom. The Labute approximate surface area is 181 Å². The van der Waals surface area contributed by atoms with E-state index in [1.807, 2.05) is 42.5 Å². The smallest absolute Gasteiger partial charge is 0.251 e. The molecule has 3 aromatic rings. The maximum atomic E-state index is 12.5. The number of fused-ring (bicyclic) bond motifs is 1. The third-order valence-corrected chi connectivity index (χ3v) is 5.05. The largest absolute Gasteiger partial charge is 0.493 e. The average Bonchev–Trinajstić information content (AvgIpc) is 3.24. The van der Waals surface area contributed by atoms with Crippen molar-refractivity contribution in [3.8, 4) is 11.5 Å². The topological polar surface area (TPSA) is 72.0 Å². The summed E-state index contributed by atoms with van der Waals surface area (Å²) < 4.78 is 11.3. The molecule has 158 valence electrons. The zero-order chi connectivity index (χ0) is 21.5. The molecule has 1 amide bonds. The lowest BCUT2D eigenvalue weighted by atomic mass is 10.1. The molecule has 0 aliphatic carbocycles. The number of hydrogen-bond donors (Lipinski definition) is 2. The molecule has 0 spiro atoms. The molecule has 0 radical (unpaired) electrons. The number of amides is 1. The van der Waals surface area contributed by atoms with Crippen molar-refractivity contribution >= 4 is 11.7 Å². The molecule has 4 rings (SSSR count). The highest BCUT2D eigenvalue weighted by molar-refractivity contribution is 6.02. The molecular formula is C25H25N3O3. The number of nitrogens with zero attached hydrogens (tertiary/aromatic N) is 1. The predicted molar refractivity (Wildman–Crippen MR) is 121 cm³/mol. The fraction of sp³-hybridized carbons (Fsp3) is 0.200. The van der Waals surface area contributed by atoms with Crippen molar-refractivity contribution in [1.82, 2.24) is 10.6 Å². The van der Waals surface area contributed by atoms with Gasteiger partial charge in [0.25, 0.3) is 5.91 Å². The van der Waals surface area contributed by atoms with Crippen molar-refractivity contribution in [3.63, 3.8) is 0 Å². The van der Waals surface area contributed by atoms with E-state index in [9.17, 15) is 4.79 Å². The molecule has 0 unspecified atom stereocenters. The SMILES string of the molecule is COc1cc(C(=O)NCCNC2=NCc3ccccc32)ccc1OCc1ccccc1. The van der Waals surface area contributed by atoms with E-state index in [4.69, 9.17) is 9.47 Å². The van der Waals surface area contributed by atoms with E-state index >= 15 is 0 Å². The van der Waals surface area contributed by atoms with E-state index in [0.717, 1.165) is 17.0 Å². The summed E-state index contributed by atoms with van der Waals surface area (Å²) in [6.07, 6.45) is 0. The van der Waals surface area contributed by atoms with Crippen LogP contribution in [0.5, 0.6) is 11.5 Å². The van der Waals surface area contributed by atoms with Gasteiger partial charge in [0, 0.05) is 24.2 Å². The molecule has 6 heteroatoms. The van der Waals surface area contributed by atoms with E-state index in [1.54, 1.807) is 25.3 Å². The first-order valence-corrected chi connectivity index (χ1v) is 10.2. The van der Waals surface area contributed by atoms with Gasteiger partial charge in [-0.05, 0) is 29.3 Å². The summed E-state index contributed by atoms with van der Waals surface area (Å²) >= 11 is 0. The monoisotopic (exact) mass is 415 g/mol. The molecular weight excluding hydrogens is 390 g/mol. The third kappa shape index (κ3) is 5.04. The van der Waals surface area contributed by atoms with Gasteiger partial charge in [-0.1, -0.05) is 54.6 Å². The fourth-order valence-electron chi connectivity index (χ4n) is 3.41. The van der Waals surface area contributed by atoms with Crippen LogP contribution in [0.15, 0.2) is 77.8 Å². The minimum atomic E-state index is -0.163. The lowest BCUT2D eigenvalue weighted by molar-refractivity contribution is 0.0954. The van der Waals surface area contributed by atoms with Gasteiger partial charge < -0.3 is 20.1 Å².